The lowest BCUT2D eigenvalue weighted by Crippen LogP contribution is -1.86. The Morgan fingerprint density at radius 3 is 2.45 bits per heavy atom. The molecule has 3 aromatic rings. The number of anilines is 1. The van der Waals surface area contributed by atoms with Crippen molar-refractivity contribution >= 4 is 28.1 Å². The van der Waals surface area contributed by atoms with E-state index in [1.54, 1.807) is 6.07 Å². The van der Waals surface area contributed by atoms with Crippen LogP contribution in [0.4, 0.5) is 5.13 Å². The second-order valence-electron chi connectivity index (χ2n) is 4.13. The maximum atomic E-state index is 6.06. The van der Waals surface area contributed by atoms with E-state index in [1.807, 2.05) is 47.8 Å². The zero-order valence-electron chi connectivity index (χ0n) is 10.4. The number of hydrogen-bond acceptors (Lipinski definition) is 4. The lowest BCUT2D eigenvalue weighted by atomic mass is 10.2. The number of nitrogens with two attached hydrogens (primary N) is 1. The molecule has 3 nitrogen and oxygen atoms in total. The van der Waals surface area contributed by atoms with Crippen LogP contribution in [0, 0.1) is 0 Å². The summed E-state index contributed by atoms with van der Waals surface area (Å²) < 4.78 is 5.73. The first kappa shape index (κ1) is 13.0. The van der Waals surface area contributed by atoms with Crippen LogP contribution >= 0.6 is 22.9 Å². The van der Waals surface area contributed by atoms with Crippen LogP contribution in [0.1, 0.15) is 0 Å². The molecule has 0 aliphatic carbocycles. The van der Waals surface area contributed by atoms with Crippen molar-refractivity contribution < 1.29 is 4.74 Å². The summed E-state index contributed by atoms with van der Waals surface area (Å²) >= 11 is 7.48. The molecule has 1 aromatic heterocycles. The fourth-order valence-electron chi connectivity index (χ4n) is 1.77. The third-order valence-electron chi connectivity index (χ3n) is 2.74. The first-order valence-corrected chi connectivity index (χ1v) is 7.22. The molecule has 5 heteroatoms. The zero-order valence-corrected chi connectivity index (χ0v) is 12.0. The summed E-state index contributed by atoms with van der Waals surface area (Å²) in [6, 6.07) is 15.0. The molecular formula is C15H11ClN2OS. The van der Waals surface area contributed by atoms with Crippen LogP contribution < -0.4 is 10.5 Å². The normalized spacial score (nSPS) is 10.4. The SMILES string of the molecule is Nc1nc(-c2ccc(Oc3ccccc3Cl)cc2)cs1. The molecule has 0 atom stereocenters. The molecule has 3 rings (SSSR count). The van der Waals surface area contributed by atoms with E-state index in [2.05, 4.69) is 4.98 Å². The van der Waals surface area contributed by atoms with Crippen molar-refractivity contribution in [2.45, 2.75) is 0 Å². The molecule has 0 saturated heterocycles. The lowest BCUT2D eigenvalue weighted by Gasteiger charge is -2.07. The zero-order chi connectivity index (χ0) is 13.9. The van der Waals surface area contributed by atoms with Gasteiger partial charge < -0.3 is 10.5 Å². The van der Waals surface area contributed by atoms with Gasteiger partial charge in [0.2, 0.25) is 0 Å². The Morgan fingerprint density at radius 2 is 1.80 bits per heavy atom. The van der Waals surface area contributed by atoms with Gasteiger partial charge in [0.25, 0.3) is 0 Å². The summed E-state index contributed by atoms with van der Waals surface area (Å²) in [6.07, 6.45) is 0. The fraction of sp³-hybridized carbons (Fsp3) is 0. The van der Waals surface area contributed by atoms with Gasteiger partial charge in [-0.25, -0.2) is 4.98 Å². The van der Waals surface area contributed by atoms with Crippen molar-refractivity contribution in [2.75, 3.05) is 5.73 Å². The number of halogens is 1. The molecular weight excluding hydrogens is 292 g/mol. The average Bonchev–Trinajstić information content (AvgIpc) is 2.89. The van der Waals surface area contributed by atoms with Crippen LogP contribution in [0.3, 0.4) is 0 Å². The van der Waals surface area contributed by atoms with Crippen LogP contribution in [-0.4, -0.2) is 4.98 Å². The molecule has 0 bridgehead atoms. The molecule has 20 heavy (non-hydrogen) atoms. The smallest absolute Gasteiger partial charge is 0.180 e. The van der Waals surface area contributed by atoms with Crippen molar-refractivity contribution in [3.63, 3.8) is 0 Å². The van der Waals surface area contributed by atoms with Crippen LogP contribution in [0.2, 0.25) is 5.02 Å². The molecule has 0 saturated carbocycles. The number of nitrogen functional groups attached to an aromatic ring is 1. The van der Waals surface area contributed by atoms with Gasteiger partial charge >= 0.3 is 0 Å². The highest BCUT2D eigenvalue weighted by atomic mass is 35.5. The number of ether oxygens (including phenoxy) is 1. The molecule has 0 amide bonds. The standard InChI is InChI=1S/C15H11ClN2OS/c16-12-3-1-2-4-14(12)19-11-7-5-10(6-8-11)13-9-20-15(17)18-13/h1-9H,(H2,17,18). The number of para-hydroxylation sites is 1. The molecule has 0 fully saturated rings. The van der Waals surface area contributed by atoms with Crippen LogP contribution in [-0.2, 0) is 0 Å². The number of benzene rings is 2. The minimum absolute atomic E-state index is 0.566. The van der Waals surface area contributed by atoms with Crippen molar-refractivity contribution in [3.8, 4) is 22.8 Å². The number of rotatable bonds is 3. The van der Waals surface area contributed by atoms with E-state index in [0.29, 0.717) is 15.9 Å². The van der Waals surface area contributed by atoms with Gasteiger partial charge in [0.15, 0.2) is 5.13 Å². The van der Waals surface area contributed by atoms with Crippen LogP contribution in [0.25, 0.3) is 11.3 Å². The number of aromatic nitrogens is 1. The predicted molar refractivity (Wildman–Crippen MR) is 83.5 cm³/mol. The van der Waals surface area contributed by atoms with Crippen molar-refractivity contribution in [1.82, 2.24) is 4.98 Å². The molecule has 2 N–H and O–H groups in total. The number of nitrogens with zero attached hydrogens (tertiary/aromatic N) is 1. The second-order valence-corrected chi connectivity index (χ2v) is 5.42. The molecule has 0 aliphatic heterocycles. The molecule has 1 heterocycles. The van der Waals surface area contributed by atoms with Gasteiger partial charge in [0.1, 0.15) is 11.5 Å². The van der Waals surface area contributed by atoms with E-state index in [1.165, 1.54) is 11.3 Å². The van der Waals surface area contributed by atoms with Gasteiger partial charge in [0.05, 0.1) is 10.7 Å². The molecule has 0 spiro atoms. The molecule has 0 radical (unpaired) electrons. The highest BCUT2D eigenvalue weighted by molar-refractivity contribution is 7.13. The van der Waals surface area contributed by atoms with E-state index in [0.717, 1.165) is 17.0 Å². The van der Waals surface area contributed by atoms with Crippen LogP contribution in [0.15, 0.2) is 53.9 Å². The topological polar surface area (TPSA) is 48.1 Å². The minimum Gasteiger partial charge on any atom is -0.456 e. The Kier molecular flexibility index (Phi) is 3.58. The molecule has 100 valence electrons. The fourth-order valence-corrected chi connectivity index (χ4v) is 2.51. The first-order chi connectivity index (χ1) is 9.72. The summed E-state index contributed by atoms with van der Waals surface area (Å²) in [5.74, 6) is 1.37. The summed E-state index contributed by atoms with van der Waals surface area (Å²) in [7, 11) is 0. The van der Waals surface area contributed by atoms with Gasteiger partial charge in [-0.1, -0.05) is 23.7 Å². The summed E-state index contributed by atoms with van der Waals surface area (Å²) in [5.41, 5.74) is 7.51. The molecule has 0 aliphatic rings. The van der Waals surface area contributed by atoms with Crippen molar-refractivity contribution in [3.05, 3.63) is 58.9 Å². The Morgan fingerprint density at radius 1 is 1.05 bits per heavy atom. The summed E-state index contributed by atoms with van der Waals surface area (Å²) in [6.45, 7) is 0. The van der Waals surface area contributed by atoms with Crippen molar-refractivity contribution in [2.24, 2.45) is 0 Å². The monoisotopic (exact) mass is 302 g/mol. The van der Waals surface area contributed by atoms with Gasteiger partial charge in [-0.2, -0.15) is 0 Å². The van der Waals surface area contributed by atoms with Gasteiger partial charge in [0, 0.05) is 10.9 Å². The third-order valence-corrected chi connectivity index (χ3v) is 3.72. The van der Waals surface area contributed by atoms with E-state index in [9.17, 15) is 0 Å². The third kappa shape index (κ3) is 2.76. The Labute approximate surface area is 125 Å². The molecule has 2 aromatic carbocycles. The maximum absolute atomic E-state index is 6.06. The molecule has 0 unspecified atom stereocenters. The van der Waals surface area contributed by atoms with E-state index >= 15 is 0 Å². The summed E-state index contributed by atoms with van der Waals surface area (Å²) in [5, 5.41) is 3.08. The van der Waals surface area contributed by atoms with E-state index in [4.69, 9.17) is 22.1 Å². The highest BCUT2D eigenvalue weighted by Gasteiger charge is 2.05. The lowest BCUT2D eigenvalue weighted by molar-refractivity contribution is 0.483. The quantitative estimate of drug-likeness (QED) is 0.753. The average molecular weight is 303 g/mol. The number of hydrogen-bond donors (Lipinski definition) is 1. The Hall–Kier alpha value is -2.04. The predicted octanol–water partition coefficient (Wildman–Crippen LogP) is 4.84. The van der Waals surface area contributed by atoms with Gasteiger partial charge in [-0.05, 0) is 36.4 Å². The Bertz CT molecular complexity index is 725. The summed E-state index contributed by atoms with van der Waals surface area (Å²) in [4.78, 5) is 4.24. The van der Waals surface area contributed by atoms with Gasteiger partial charge in [-0.15, -0.1) is 11.3 Å². The number of thiazole rings is 1. The first-order valence-electron chi connectivity index (χ1n) is 5.96. The van der Waals surface area contributed by atoms with Crippen LogP contribution in [0.5, 0.6) is 11.5 Å². The highest BCUT2D eigenvalue weighted by Crippen LogP contribution is 2.30. The van der Waals surface area contributed by atoms with Crippen molar-refractivity contribution in [1.29, 1.82) is 0 Å². The minimum atomic E-state index is 0.566. The Balaban J connectivity index is 1.82. The van der Waals surface area contributed by atoms with E-state index in [-0.39, 0.29) is 0 Å². The maximum Gasteiger partial charge on any atom is 0.180 e. The van der Waals surface area contributed by atoms with E-state index < -0.39 is 0 Å². The second kappa shape index (κ2) is 5.53. The largest absolute Gasteiger partial charge is 0.456 e. The van der Waals surface area contributed by atoms with Gasteiger partial charge in [-0.3, -0.25) is 0 Å².